The van der Waals surface area contributed by atoms with Crippen LogP contribution in [0.2, 0.25) is 0 Å². The Balaban J connectivity index is 2.38. The van der Waals surface area contributed by atoms with E-state index in [-0.39, 0.29) is 18.7 Å². The molecule has 0 aliphatic carbocycles. The molecule has 1 aliphatic rings. The summed E-state index contributed by atoms with van der Waals surface area (Å²) >= 11 is 0. The minimum absolute atomic E-state index is 0.0864. The lowest BCUT2D eigenvalue weighted by Crippen LogP contribution is -2.27. The van der Waals surface area contributed by atoms with Gasteiger partial charge >= 0.3 is 0 Å². The molecule has 0 atom stereocenters. The minimum Gasteiger partial charge on any atom is -0.305 e. The summed E-state index contributed by atoms with van der Waals surface area (Å²) in [6, 6.07) is 2.77. The first-order chi connectivity index (χ1) is 7.08. The Hall–Kier alpha value is -1.78. The fourth-order valence-corrected chi connectivity index (χ4v) is 1.51. The van der Waals surface area contributed by atoms with Crippen LogP contribution >= 0.6 is 0 Å². The zero-order valence-electron chi connectivity index (χ0n) is 7.67. The number of carbonyl (C=O) groups is 2. The molecule has 0 aromatic heterocycles. The number of benzene rings is 1. The topological polar surface area (TPSA) is 37.4 Å². The maximum atomic E-state index is 12.8. The number of nitrogens with zero attached hydrogens (tertiary/aromatic N) is 1. The van der Waals surface area contributed by atoms with Gasteiger partial charge in [-0.3, -0.25) is 9.59 Å². The predicted octanol–water partition coefficient (Wildman–Crippen LogP) is 1.27. The second-order valence-corrected chi connectivity index (χ2v) is 3.26. The van der Waals surface area contributed by atoms with Crippen molar-refractivity contribution in [2.24, 2.45) is 0 Å². The molecule has 5 heteroatoms. The summed E-state index contributed by atoms with van der Waals surface area (Å²) in [5.41, 5.74) is 0.0864. The van der Waals surface area contributed by atoms with Gasteiger partial charge in [0.2, 0.25) is 5.78 Å². The highest BCUT2D eigenvalue weighted by molar-refractivity contribution is 6.43. The monoisotopic (exact) mass is 211 g/mol. The summed E-state index contributed by atoms with van der Waals surface area (Å²) in [6.45, 7) is 0.181. The molecule has 1 aromatic rings. The maximum Gasteiger partial charge on any atom is 0.294 e. The fraction of sp³-hybridized carbons (Fsp3) is 0.200. The van der Waals surface area contributed by atoms with Gasteiger partial charge < -0.3 is 4.90 Å². The van der Waals surface area contributed by atoms with Crippen LogP contribution in [0.15, 0.2) is 18.2 Å². The van der Waals surface area contributed by atoms with E-state index in [1.54, 1.807) is 0 Å². The fourth-order valence-electron chi connectivity index (χ4n) is 1.51. The van der Waals surface area contributed by atoms with E-state index in [9.17, 15) is 18.4 Å². The number of hydrogen-bond donors (Lipinski definition) is 0. The van der Waals surface area contributed by atoms with E-state index in [1.807, 2.05) is 0 Å². The summed E-state index contributed by atoms with van der Waals surface area (Å²) in [5.74, 6) is -2.77. The third-order valence-electron chi connectivity index (χ3n) is 2.21. The van der Waals surface area contributed by atoms with Gasteiger partial charge in [0.1, 0.15) is 11.6 Å². The van der Waals surface area contributed by atoms with Crippen molar-refractivity contribution in [3.8, 4) is 0 Å². The van der Waals surface area contributed by atoms with Crippen LogP contribution in [0, 0.1) is 11.6 Å². The van der Waals surface area contributed by atoms with Crippen LogP contribution in [-0.2, 0) is 9.59 Å². The normalized spacial score (nSPS) is 16.3. The molecule has 1 heterocycles. The zero-order valence-corrected chi connectivity index (χ0v) is 7.67. The molecule has 0 bridgehead atoms. The van der Waals surface area contributed by atoms with Crippen molar-refractivity contribution in [1.82, 2.24) is 0 Å². The Morgan fingerprint density at radius 2 is 1.67 bits per heavy atom. The quantitative estimate of drug-likeness (QED) is 0.656. The molecule has 1 aromatic carbocycles. The average molecular weight is 211 g/mol. The van der Waals surface area contributed by atoms with Gasteiger partial charge in [0.25, 0.3) is 5.91 Å². The summed E-state index contributed by atoms with van der Waals surface area (Å²) < 4.78 is 25.7. The van der Waals surface area contributed by atoms with Crippen LogP contribution in [-0.4, -0.2) is 18.2 Å². The van der Waals surface area contributed by atoms with E-state index in [2.05, 4.69) is 0 Å². The third-order valence-corrected chi connectivity index (χ3v) is 2.21. The summed E-state index contributed by atoms with van der Waals surface area (Å²) in [5, 5.41) is 0. The van der Waals surface area contributed by atoms with Gasteiger partial charge in [0.05, 0.1) is 0 Å². The Morgan fingerprint density at radius 3 is 2.13 bits per heavy atom. The van der Waals surface area contributed by atoms with E-state index >= 15 is 0 Å². The van der Waals surface area contributed by atoms with Gasteiger partial charge in [-0.05, 0) is 12.1 Å². The van der Waals surface area contributed by atoms with Gasteiger partial charge in [-0.15, -0.1) is 0 Å². The van der Waals surface area contributed by atoms with Gasteiger partial charge in [0, 0.05) is 24.7 Å². The van der Waals surface area contributed by atoms with Crippen molar-refractivity contribution >= 4 is 17.4 Å². The van der Waals surface area contributed by atoms with Crippen molar-refractivity contribution in [2.75, 3.05) is 11.4 Å². The molecule has 0 spiro atoms. The van der Waals surface area contributed by atoms with Crippen LogP contribution in [0.3, 0.4) is 0 Å². The van der Waals surface area contributed by atoms with E-state index in [0.717, 1.165) is 17.0 Å². The van der Waals surface area contributed by atoms with Crippen molar-refractivity contribution in [1.29, 1.82) is 0 Å². The zero-order chi connectivity index (χ0) is 11.0. The molecule has 1 fully saturated rings. The van der Waals surface area contributed by atoms with Crippen molar-refractivity contribution in [3.63, 3.8) is 0 Å². The molecule has 78 valence electrons. The Bertz CT molecular complexity index is 425. The first-order valence-electron chi connectivity index (χ1n) is 4.39. The number of halogens is 2. The molecule has 1 aliphatic heterocycles. The highest BCUT2D eigenvalue weighted by Crippen LogP contribution is 2.21. The highest BCUT2D eigenvalue weighted by atomic mass is 19.1. The van der Waals surface area contributed by atoms with E-state index in [1.165, 1.54) is 0 Å². The summed E-state index contributed by atoms with van der Waals surface area (Å²) in [6.07, 6.45) is 0.0942. The van der Waals surface area contributed by atoms with E-state index in [0.29, 0.717) is 6.07 Å². The lowest BCUT2D eigenvalue weighted by atomic mass is 10.3. The molecule has 0 unspecified atom stereocenters. The SMILES string of the molecule is O=C1CCN(c2cc(F)cc(F)c2)C1=O. The predicted molar refractivity (Wildman–Crippen MR) is 48.3 cm³/mol. The first kappa shape index (κ1) is 9.76. The maximum absolute atomic E-state index is 12.8. The smallest absolute Gasteiger partial charge is 0.294 e. The van der Waals surface area contributed by atoms with Crippen LogP contribution in [0.25, 0.3) is 0 Å². The Kier molecular flexibility index (Phi) is 2.22. The van der Waals surface area contributed by atoms with Crippen molar-refractivity contribution < 1.29 is 18.4 Å². The number of rotatable bonds is 1. The number of amides is 1. The number of hydrogen-bond acceptors (Lipinski definition) is 2. The molecule has 15 heavy (non-hydrogen) atoms. The van der Waals surface area contributed by atoms with Crippen LogP contribution in [0.4, 0.5) is 14.5 Å². The Labute approximate surface area is 84.3 Å². The van der Waals surface area contributed by atoms with Crippen molar-refractivity contribution in [2.45, 2.75) is 6.42 Å². The van der Waals surface area contributed by atoms with Crippen LogP contribution in [0.1, 0.15) is 6.42 Å². The lowest BCUT2D eigenvalue weighted by molar-refractivity contribution is -0.133. The second-order valence-electron chi connectivity index (χ2n) is 3.26. The molecule has 2 rings (SSSR count). The molecular weight excluding hydrogens is 204 g/mol. The second kappa shape index (κ2) is 3.42. The third kappa shape index (κ3) is 1.72. The first-order valence-corrected chi connectivity index (χ1v) is 4.39. The molecule has 0 saturated carbocycles. The Morgan fingerprint density at radius 1 is 1.07 bits per heavy atom. The van der Waals surface area contributed by atoms with Crippen molar-refractivity contribution in [3.05, 3.63) is 29.8 Å². The van der Waals surface area contributed by atoms with Gasteiger partial charge in [-0.2, -0.15) is 0 Å². The number of carbonyl (C=O) groups excluding carboxylic acids is 2. The highest BCUT2D eigenvalue weighted by Gasteiger charge is 2.30. The molecule has 1 saturated heterocycles. The van der Waals surface area contributed by atoms with Crippen LogP contribution in [0.5, 0.6) is 0 Å². The van der Waals surface area contributed by atoms with Gasteiger partial charge in [0.15, 0.2) is 0 Å². The summed E-state index contributed by atoms with van der Waals surface area (Å²) in [7, 11) is 0. The number of anilines is 1. The van der Waals surface area contributed by atoms with E-state index < -0.39 is 23.3 Å². The lowest BCUT2D eigenvalue weighted by Gasteiger charge is -2.14. The standard InChI is InChI=1S/C10H7F2NO2/c11-6-3-7(12)5-8(4-6)13-2-1-9(14)10(13)15/h3-5H,1-2H2. The van der Waals surface area contributed by atoms with Gasteiger partial charge in [-0.1, -0.05) is 0 Å². The average Bonchev–Trinajstić information content (AvgIpc) is 2.46. The van der Waals surface area contributed by atoms with E-state index in [4.69, 9.17) is 0 Å². The largest absolute Gasteiger partial charge is 0.305 e. The number of Topliss-reactive ketones (excluding diaryl/α,β-unsaturated/α-hetero) is 1. The van der Waals surface area contributed by atoms with Gasteiger partial charge in [-0.25, -0.2) is 8.78 Å². The molecule has 3 nitrogen and oxygen atoms in total. The molecule has 1 amide bonds. The minimum atomic E-state index is -0.767. The molecule has 0 N–H and O–H groups in total. The molecule has 0 radical (unpaired) electrons. The van der Waals surface area contributed by atoms with Crippen LogP contribution < -0.4 is 4.90 Å². The molecular formula is C10H7F2NO2. The summed E-state index contributed by atoms with van der Waals surface area (Å²) in [4.78, 5) is 23.3. The number of ketones is 1.